The van der Waals surface area contributed by atoms with Crippen LogP contribution >= 0.6 is 23.5 Å². The zero-order chi connectivity index (χ0) is 10.9. The molecular formula is C12H25NS2. The van der Waals surface area contributed by atoms with Gasteiger partial charge in [0.1, 0.15) is 0 Å². The van der Waals surface area contributed by atoms with Gasteiger partial charge in [0.15, 0.2) is 0 Å². The molecule has 0 aromatic rings. The van der Waals surface area contributed by atoms with Gasteiger partial charge in [-0.2, -0.15) is 23.5 Å². The van der Waals surface area contributed by atoms with Crippen LogP contribution in [0.2, 0.25) is 0 Å². The van der Waals surface area contributed by atoms with E-state index in [0.717, 1.165) is 11.3 Å². The van der Waals surface area contributed by atoms with E-state index in [9.17, 15) is 0 Å². The number of thioether (sulfide) groups is 2. The number of hydrogen-bond acceptors (Lipinski definition) is 3. The molecule has 0 spiro atoms. The van der Waals surface area contributed by atoms with Gasteiger partial charge < -0.3 is 5.32 Å². The first-order valence-corrected chi connectivity index (χ1v) is 8.49. The summed E-state index contributed by atoms with van der Waals surface area (Å²) in [4.78, 5) is 0. The van der Waals surface area contributed by atoms with Crippen LogP contribution < -0.4 is 5.32 Å². The fraction of sp³-hybridized carbons (Fsp3) is 1.00. The molecule has 1 aliphatic carbocycles. The molecule has 15 heavy (non-hydrogen) atoms. The first-order chi connectivity index (χ1) is 7.36. The minimum absolute atomic E-state index is 0.820. The first-order valence-electron chi connectivity index (χ1n) is 6.29. The Morgan fingerprint density at radius 1 is 1.20 bits per heavy atom. The van der Waals surface area contributed by atoms with Gasteiger partial charge in [-0.3, -0.25) is 0 Å². The highest BCUT2D eigenvalue weighted by Crippen LogP contribution is 2.29. The van der Waals surface area contributed by atoms with E-state index in [2.05, 4.69) is 42.7 Å². The van der Waals surface area contributed by atoms with E-state index >= 15 is 0 Å². The second-order valence-corrected chi connectivity index (χ2v) is 7.06. The summed E-state index contributed by atoms with van der Waals surface area (Å²) >= 11 is 4.20. The monoisotopic (exact) mass is 247 g/mol. The summed E-state index contributed by atoms with van der Waals surface area (Å²) < 4.78 is 0. The zero-order valence-corrected chi connectivity index (χ0v) is 11.8. The average Bonchev–Trinajstić information content (AvgIpc) is 2.66. The molecule has 1 rings (SSSR count). The Kier molecular flexibility index (Phi) is 8.02. The lowest BCUT2D eigenvalue weighted by Gasteiger charge is -2.12. The Balaban J connectivity index is 1.94. The van der Waals surface area contributed by atoms with Crippen molar-refractivity contribution in [2.75, 3.05) is 23.8 Å². The molecule has 1 aliphatic rings. The van der Waals surface area contributed by atoms with Crippen LogP contribution in [-0.4, -0.2) is 35.1 Å². The molecule has 1 fully saturated rings. The number of hydrogen-bond donors (Lipinski definition) is 1. The summed E-state index contributed by atoms with van der Waals surface area (Å²) in [6, 6.07) is 0.820. The maximum absolute atomic E-state index is 3.70. The van der Waals surface area contributed by atoms with E-state index in [1.54, 1.807) is 0 Å². The normalized spacial score (nSPS) is 26.0. The predicted molar refractivity (Wildman–Crippen MR) is 75.2 cm³/mol. The first kappa shape index (κ1) is 13.7. The van der Waals surface area contributed by atoms with E-state index in [0.29, 0.717) is 0 Å². The van der Waals surface area contributed by atoms with Crippen molar-refractivity contribution >= 4 is 23.5 Å². The molecule has 0 radical (unpaired) electrons. The van der Waals surface area contributed by atoms with Crippen LogP contribution in [0.15, 0.2) is 0 Å². The highest BCUT2D eigenvalue weighted by molar-refractivity contribution is 7.99. The minimum Gasteiger partial charge on any atom is -0.314 e. The molecule has 2 atom stereocenters. The second kappa shape index (κ2) is 8.77. The molecule has 0 saturated heterocycles. The van der Waals surface area contributed by atoms with Crippen molar-refractivity contribution in [2.45, 2.75) is 50.8 Å². The van der Waals surface area contributed by atoms with Gasteiger partial charge >= 0.3 is 0 Å². The summed E-state index contributed by atoms with van der Waals surface area (Å²) in [7, 11) is 0. The van der Waals surface area contributed by atoms with Crippen LogP contribution in [0, 0.1) is 0 Å². The molecule has 0 amide bonds. The second-order valence-electron chi connectivity index (χ2n) is 4.09. The van der Waals surface area contributed by atoms with Crippen LogP contribution in [0.3, 0.4) is 0 Å². The molecule has 0 bridgehead atoms. The average molecular weight is 247 g/mol. The molecule has 90 valence electrons. The molecule has 3 heteroatoms. The van der Waals surface area contributed by atoms with E-state index < -0.39 is 0 Å². The highest BCUT2D eigenvalue weighted by atomic mass is 32.2. The summed E-state index contributed by atoms with van der Waals surface area (Å²) in [5, 5.41) is 4.64. The van der Waals surface area contributed by atoms with Gasteiger partial charge in [-0.15, -0.1) is 0 Å². The zero-order valence-electron chi connectivity index (χ0n) is 10.1. The third-order valence-corrected chi connectivity index (χ3v) is 5.11. The summed E-state index contributed by atoms with van der Waals surface area (Å²) in [5.41, 5.74) is 0. The van der Waals surface area contributed by atoms with Gasteiger partial charge in [0.25, 0.3) is 0 Å². The Labute approximate surface area is 104 Å². The van der Waals surface area contributed by atoms with Crippen molar-refractivity contribution in [3.63, 3.8) is 0 Å². The van der Waals surface area contributed by atoms with E-state index in [1.807, 2.05) is 0 Å². The van der Waals surface area contributed by atoms with Crippen molar-refractivity contribution in [1.29, 1.82) is 0 Å². The van der Waals surface area contributed by atoms with Gasteiger partial charge in [-0.1, -0.05) is 13.8 Å². The van der Waals surface area contributed by atoms with Gasteiger partial charge in [0, 0.05) is 11.3 Å². The lowest BCUT2D eigenvalue weighted by molar-refractivity contribution is 0.525. The van der Waals surface area contributed by atoms with Crippen LogP contribution in [0.4, 0.5) is 0 Å². The third-order valence-electron chi connectivity index (χ3n) is 2.89. The maximum atomic E-state index is 3.70. The molecular weight excluding hydrogens is 222 g/mol. The Hall–Kier alpha value is 0.660. The van der Waals surface area contributed by atoms with Crippen LogP contribution in [0.1, 0.15) is 39.5 Å². The molecule has 2 unspecified atom stereocenters. The standard InChI is InChI=1S/C12H25NS2/c1-3-14-9-5-8-13-11-6-7-12(10-11)15-4-2/h11-13H,3-10H2,1-2H3. The van der Waals surface area contributed by atoms with Crippen molar-refractivity contribution in [1.82, 2.24) is 5.32 Å². The molecule has 1 nitrogen and oxygen atoms in total. The Morgan fingerprint density at radius 2 is 2.07 bits per heavy atom. The van der Waals surface area contributed by atoms with E-state index in [-0.39, 0.29) is 0 Å². The SMILES string of the molecule is CCSCCCNC1CCC(SCC)C1. The summed E-state index contributed by atoms with van der Waals surface area (Å²) in [5.74, 6) is 3.87. The summed E-state index contributed by atoms with van der Waals surface area (Å²) in [6.45, 7) is 5.73. The largest absolute Gasteiger partial charge is 0.314 e. The van der Waals surface area contributed by atoms with E-state index in [1.165, 1.54) is 49.5 Å². The van der Waals surface area contributed by atoms with Crippen molar-refractivity contribution in [3.05, 3.63) is 0 Å². The quantitative estimate of drug-likeness (QED) is 0.660. The van der Waals surface area contributed by atoms with E-state index in [4.69, 9.17) is 0 Å². The van der Waals surface area contributed by atoms with Crippen molar-refractivity contribution < 1.29 is 0 Å². The Morgan fingerprint density at radius 3 is 2.80 bits per heavy atom. The molecule has 1 N–H and O–H groups in total. The predicted octanol–water partition coefficient (Wildman–Crippen LogP) is 3.39. The third kappa shape index (κ3) is 6.08. The van der Waals surface area contributed by atoms with Crippen LogP contribution in [0.25, 0.3) is 0 Å². The number of nitrogens with one attached hydrogen (secondary N) is 1. The Bertz CT molecular complexity index is 153. The highest BCUT2D eigenvalue weighted by Gasteiger charge is 2.23. The molecule has 0 aliphatic heterocycles. The summed E-state index contributed by atoms with van der Waals surface area (Å²) in [6.07, 6.45) is 5.57. The fourth-order valence-corrected chi connectivity index (χ4v) is 3.92. The molecule has 0 aromatic carbocycles. The maximum Gasteiger partial charge on any atom is 0.00780 e. The van der Waals surface area contributed by atoms with Crippen LogP contribution in [-0.2, 0) is 0 Å². The number of rotatable bonds is 8. The smallest absolute Gasteiger partial charge is 0.00780 e. The molecule has 0 aromatic heterocycles. The van der Waals surface area contributed by atoms with Crippen LogP contribution in [0.5, 0.6) is 0 Å². The van der Waals surface area contributed by atoms with Gasteiger partial charge in [-0.25, -0.2) is 0 Å². The van der Waals surface area contributed by atoms with Gasteiger partial charge in [0.05, 0.1) is 0 Å². The topological polar surface area (TPSA) is 12.0 Å². The minimum atomic E-state index is 0.820. The van der Waals surface area contributed by atoms with Crippen molar-refractivity contribution in [2.24, 2.45) is 0 Å². The molecule has 1 saturated carbocycles. The molecule has 0 heterocycles. The van der Waals surface area contributed by atoms with Crippen molar-refractivity contribution in [3.8, 4) is 0 Å². The lowest BCUT2D eigenvalue weighted by atomic mass is 10.2. The lowest BCUT2D eigenvalue weighted by Crippen LogP contribution is -2.28. The fourth-order valence-electron chi connectivity index (χ4n) is 2.14. The van der Waals surface area contributed by atoms with Gasteiger partial charge in [-0.05, 0) is 49.5 Å². The van der Waals surface area contributed by atoms with Gasteiger partial charge in [0.2, 0.25) is 0 Å².